The van der Waals surface area contributed by atoms with Gasteiger partial charge in [-0.2, -0.15) is 5.10 Å². The van der Waals surface area contributed by atoms with Crippen molar-refractivity contribution in [3.63, 3.8) is 0 Å². The van der Waals surface area contributed by atoms with Crippen molar-refractivity contribution in [1.29, 1.82) is 0 Å². The Bertz CT molecular complexity index is 1020. The van der Waals surface area contributed by atoms with Gasteiger partial charge in [-0.1, -0.05) is 25.4 Å². The maximum absolute atomic E-state index is 14.3. The van der Waals surface area contributed by atoms with E-state index < -0.39 is 15.8 Å². The van der Waals surface area contributed by atoms with Gasteiger partial charge >= 0.3 is 0 Å². The molecule has 2 aromatic carbocycles. The summed E-state index contributed by atoms with van der Waals surface area (Å²) in [6, 6.07) is 8.51. The van der Waals surface area contributed by atoms with Crippen molar-refractivity contribution in [2.24, 2.45) is 5.92 Å². The number of fused-ring (bicyclic) bond motifs is 1. The first kappa shape index (κ1) is 17.7. The number of H-pyrrole nitrogens is 1. The molecular formula is C17H17ClFN3O2S. The molecule has 0 spiro atoms. The Balaban J connectivity index is 2.15. The molecule has 3 aromatic rings. The van der Waals surface area contributed by atoms with Gasteiger partial charge in [-0.05, 0) is 42.3 Å². The summed E-state index contributed by atoms with van der Waals surface area (Å²) in [6.07, 6.45) is 1.54. The highest BCUT2D eigenvalue weighted by Gasteiger charge is 2.28. The summed E-state index contributed by atoms with van der Waals surface area (Å²) in [6.45, 7) is 3.86. The van der Waals surface area contributed by atoms with Gasteiger partial charge in [-0.3, -0.25) is 9.40 Å². The quantitative estimate of drug-likeness (QED) is 0.720. The first-order valence-electron chi connectivity index (χ1n) is 7.70. The number of nitrogens with one attached hydrogen (secondary N) is 1. The van der Waals surface area contributed by atoms with Crippen LogP contribution in [0.3, 0.4) is 0 Å². The number of benzene rings is 2. The molecule has 0 radical (unpaired) electrons. The molecule has 132 valence electrons. The second-order valence-electron chi connectivity index (χ2n) is 6.14. The molecule has 0 unspecified atom stereocenters. The molecule has 0 saturated carbocycles. The molecule has 0 aliphatic heterocycles. The van der Waals surface area contributed by atoms with Gasteiger partial charge in [-0.25, -0.2) is 12.8 Å². The van der Waals surface area contributed by atoms with Crippen molar-refractivity contribution in [2.45, 2.75) is 18.7 Å². The third-order valence-electron chi connectivity index (χ3n) is 3.71. The number of aromatic nitrogens is 2. The van der Waals surface area contributed by atoms with E-state index in [-0.39, 0.29) is 28.1 Å². The summed E-state index contributed by atoms with van der Waals surface area (Å²) < 4.78 is 41.8. The number of rotatable bonds is 5. The molecule has 1 heterocycles. The lowest BCUT2D eigenvalue weighted by atomic mass is 10.2. The van der Waals surface area contributed by atoms with Crippen molar-refractivity contribution in [3.8, 4) is 0 Å². The molecule has 0 aliphatic rings. The zero-order chi connectivity index (χ0) is 18.2. The van der Waals surface area contributed by atoms with Crippen molar-refractivity contribution >= 4 is 38.2 Å². The van der Waals surface area contributed by atoms with Gasteiger partial charge in [0.25, 0.3) is 10.0 Å². The molecule has 0 saturated heterocycles. The van der Waals surface area contributed by atoms with Crippen LogP contribution < -0.4 is 4.31 Å². The zero-order valence-electron chi connectivity index (χ0n) is 13.7. The smallest absolute Gasteiger partial charge is 0.264 e. The van der Waals surface area contributed by atoms with E-state index in [1.165, 1.54) is 30.3 Å². The highest BCUT2D eigenvalue weighted by molar-refractivity contribution is 7.92. The molecular weight excluding hydrogens is 365 g/mol. The molecule has 5 nitrogen and oxygen atoms in total. The fourth-order valence-corrected chi connectivity index (χ4v) is 4.37. The molecule has 0 atom stereocenters. The molecule has 1 aromatic heterocycles. The molecule has 0 amide bonds. The van der Waals surface area contributed by atoms with E-state index in [2.05, 4.69) is 10.2 Å². The molecule has 0 fully saturated rings. The first-order chi connectivity index (χ1) is 11.8. The van der Waals surface area contributed by atoms with E-state index in [9.17, 15) is 12.8 Å². The number of halogens is 2. The van der Waals surface area contributed by atoms with Gasteiger partial charge in [0.1, 0.15) is 5.82 Å². The fourth-order valence-electron chi connectivity index (χ4n) is 2.54. The van der Waals surface area contributed by atoms with E-state index in [0.717, 1.165) is 9.82 Å². The van der Waals surface area contributed by atoms with E-state index in [1.807, 2.05) is 13.8 Å². The van der Waals surface area contributed by atoms with Gasteiger partial charge in [0.15, 0.2) is 0 Å². The predicted octanol–water partition coefficient (Wildman–Crippen LogP) is 4.21. The van der Waals surface area contributed by atoms with Crippen molar-refractivity contribution in [3.05, 3.63) is 53.4 Å². The van der Waals surface area contributed by atoms with E-state index >= 15 is 0 Å². The summed E-state index contributed by atoms with van der Waals surface area (Å²) in [7, 11) is -3.96. The molecule has 8 heteroatoms. The van der Waals surface area contributed by atoms with Crippen LogP contribution in [-0.2, 0) is 10.0 Å². The van der Waals surface area contributed by atoms with Crippen LogP contribution in [0.5, 0.6) is 0 Å². The number of hydrogen-bond donors (Lipinski definition) is 1. The Morgan fingerprint density at radius 2 is 2.00 bits per heavy atom. The highest BCUT2D eigenvalue weighted by Crippen LogP contribution is 2.30. The number of anilines is 1. The molecule has 3 rings (SSSR count). The minimum absolute atomic E-state index is 0.00851. The monoisotopic (exact) mass is 381 g/mol. The first-order valence-corrected chi connectivity index (χ1v) is 9.52. The summed E-state index contributed by atoms with van der Waals surface area (Å²) in [5.74, 6) is -0.649. The zero-order valence-corrected chi connectivity index (χ0v) is 15.3. The Morgan fingerprint density at radius 1 is 1.24 bits per heavy atom. The Kier molecular flexibility index (Phi) is 4.71. The minimum atomic E-state index is -3.96. The standard InChI is InChI=1S/C17H17ClFN3O2S/c1-11(2)10-22(17-8-13(18)3-5-15(17)19)25(23,24)14-4-6-16-12(7-14)9-20-21-16/h3-9,11H,10H2,1-2H3,(H,20,21). The number of aromatic amines is 1. The Morgan fingerprint density at radius 3 is 2.72 bits per heavy atom. The largest absolute Gasteiger partial charge is 0.278 e. The van der Waals surface area contributed by atoms with Crippen molar-refractivity contribution < 1.29 is 12.8 Å². The van der Waals surface area contributed by atoms with E-state index in [1.54, 1.807) is 12.3 Å². The molecule has 0 bridgehead atoms. The van der Waals surface area contributed by atoms with Crippen LogP contribution in [0.1, 0.15) is 13.8 Å². The lowest BCUT2D eigenvalue weighted by Crippen LogP contribution is -2.35. The number of hydrogen-bond acceptors (Lipinski definition) is 3. The Hall–Kier alpha value is -2.12. The lowest BCUT2D eigenvalue weighted by Gasteiger charge is -2.26. The highest BCUT2D eigenvalue weighted by atomic mass is 35.5. The average Bonchev–Trinajstić information content (AvgIpc) is 3.02. The summed E-state index contributed by atoms with van der Waals surface area (Å²) in [5, 5.41) is 7.60. The number of nitrogens with zero attached hydrogens (tertiary/aromatic N) is 2. The van der Waals surface area contributed by atoms with Crippen LogP contribution in [0.2, 0.25) is 5.02 Å². The summed E-state index contributed by atoms with van der Waals surface area (Å²) in [5.41, 5.74) is 0.664. The number of sulfonamides is 1. The fraction of sp³-hybridized carbons (Fsp3) is 0.235. The van der Waals surface area contributed by atoms with Crippen LogP contribution in [0.25, 0.3) is 10.9 Å². The van der Waals surface area contributed by atoms with Crippen LogP contribution in [0.15, 0.2) is 47.5 Å². The predicted molar refractivity (Wildman–Crippen MR) is 96.9 cm³/mol. The molecule has 0 aliphatic carbocycles. The SMILES string of the molecule is CC(C)CN(c1cc(Cl)ccc1F)S(=O)(=O)c1ccc2[nH]ncc2c1. The van der Waals surface area contributed by atoms with Gasteiger partial charge in [0.05, 0.1) is 22.3 Å². The van der Waals surface area contributed by atoms with Crippen molar-refractivity contribution in [2.75, 3.05) is 10.8 Å². The summed E-state index contributed by atoms with van der Waals surface area (Å²) >= 11 is 5.96. The van der Waals surface area contributed by atoms with Crippen molar-refractivity contribution in [1.82, 2.24) is 10.2 Å². The second-order valence-corrected chi connectivity index (χ2v) is 8.44. The van der Waals surface area contributed by atoms with Gasteiger partial charge in [0, 0.05) is 17.0 Å². The Labute approximate surface area is 150 Å². The molecule has 1 N–H and O–H groups in total. The van der Waals surface area contributed by atoms with E-state index in [0.29, 0.717) is 5.39 Å². The summed E-state index contributed by atoms with van der Waals surface area (Å²) in [4.78, 5) is 0.0708. The van der Waals surface area contributed by atoms with Crippen LogP contribution >= 0.6 is 11.6 Å². The van der Waals surface area contributed by atoms with Crippen LogP contribution in [0.4, 0.5) is 10.1 Å². The maximum atomic E-state index is 14.3. The lowest BCUT2D eigenvalue weighted by molar-refractivity contribution is 0.570. The second kappa shape index (κ2) is 6.65. The minimum Gasteiger partial charge on any atom is -0.278 e. The van der Waals surface area contributed by atoms with Crippen LogP contribution in [0, 0.1) is 11.7 Å². The third-order valence-corrected chi connectivity index (χ3v) is 5.72. The van der Waals surface area contributed by atoms with Crippen LogP contribution in [-0.4, -0.2) is 25.2 Å². The van der Waals surface area contributed by atoms with Gasteiger partial charge < -0.3 is 0 Å². The third kappa shape index (κ3) is 3.48. The maximum Gasteiger partial charge on any atom is 0.264 e. The van der Waals surface area contributed by atoms with Gasteiger partial charge in [0.2, 0.25) is 0 Å². The molecule has 25 heavy (non-hydrogen) atoms. The average molecular weight is 382 g/mol. The normalized spacial score (nSPS) is 12.0. The van der Waals surface area contributed by atoms with E-state index in [4.69, 9.17) is 11.6 Å². The van der Waals surface area contributed by atoms with Gasteiger partial charge in [-0.15, -0.1) is 0 Å². The topological polar surface area (TPSA) is 66.1 Å².